The van der Waals surface area contributed by atoms with Crippen LogP contribution in [0.15, 0.2) is 0 Å². The molecule has 6 N–H and O–H groups in total. The van der Waals surface area contributed by atoms with Crippen LogP contribution in [-0.2, 0) is 19.1 Å². The topological polar surface area (TPSA) is 165 Å². The number of methoxy groups -OCH3 is 1. The number of hydrogen-bond acceptors (Lipinski definition) is 8. The summed E-state index contributed by atoms with van der Waals surface area (Å²) in [5.41, 5.74) is -2.53. The highest BCUT2D eigenvalue weighted by Gasteiger charge is 2.46. The first-order valence-electron chi connectivity index (χ1n) is 14.5. The fourth-order valence-corrected chi connectivity index (χ4v) is 4.23. The zero-order valence-corrected chi connectivity index (χ0v) is 23.9. The molecule has 0 aromatic heterocycles. The molecule has 0 aromatic rings. The van der Waals surface area contributed by atoms with E-state index in [1.165, 1.54) is 77.0 Å². The maximum Gasteiger partial charge on any atom is 0.330 e. The van der Waals surface area contributed by atoms with Gasteiger partial charge in [0.15, 0.2) is 18.2 Å². The minimum Gasteiger partial charge on any atom is -0.467 e. The van der Waals surface area contributed by atoms with Crippen LogP contribution in [0.3, 0.4) is 0 Å². The smallest absolute Gasteiger partial charge is 0.330 e. The standard InChI is InChI=1S/C28H54N2O8/c1-4-5-6-7-8-9-10-11-12-13-14-15-16-17-18-19-20-29-25(34)23(32)28(2,37)24(33)26(35)30-22(21-31)27(36)38-3/h22-24,31-33,37H,4-21H2,1-3H3,(H,29,34)(H,30,35). The van der Waals surface area contributed by atoms with E-state index in [2.05, 4.69) is 17.0 Å². The number of nitrogens with one attached hydrogen (secondary N) is 2. The maximum atomic E-state index is 12.2. The van der Waals surface area contributed by atoms with Gasteiger partial charge in [0.25, 0.3) is 11.8 Å². The number of esters is 1. The lowest BCUT2D eigenvalue weighted by atomic mass is 9.90. The third kappa shape index (κ3) is 15.6. The Morgan fingerprint density at radius 3 is 1.53 bits per heavy atom. The molecule has 4 unspecified atom stereocenters. The lowest BCUT2D eigenvalue weighted by Gasteiger charge is -2.32. The van der Waals surface area contributed by atoms with E-state index in [1.807, 2.05) is 5.32 Å². The summed E-state index contributed by atoms with van der Waals surface area (Å²) in [4.78, 5) is 35.9. The number of unbranched alkanes of at least 4 members (excludes halogenated alkanes) is 15. The van der Waals surface area contributed by atoms with Crippen molar-refractivity contribution in [3.63, 3.8) is 0 Å². The molecule has 0 radical (unpaired) electrons. The van der Waals surface area contributed by atoms with E-state index in [0.29, 0.717) is 13.0 Å². The van der Waals surface area contributed by atoms with Gasteiger partial charge in [0.2, 0.25) is 0 Å². The first-order chi connectivity index (χ1) is 18.1. The number of hydrogen-bond donors (Lipinski definition) is 6. The van der Waals surface area contributed by atoms with Crippen LogP contribution < -0.4 is 10.6 Å². The van der Waals surface area contributed by atoms with E-state index in [-0.39, 0.29) is 0 Å². The van der Waals surface area contributed by atoms with Gasteiger partial charge in [0, 0.05) is 6.54 Å². The number of carbonyl (C=O) groups excluding carboxylic acids is 3. The first-order valence-corrected chi connectivity index (χ1v) is 14.5. The van der Waals surface area contributed by atoms with E-state index < -0.39 is 48.2 Å². The zero-order valence-electron chi connectivity index (χ0n) is 23.9. The second-order valence-corrected chi connectivity index (χ2v) is 10.4. The highest BCUT2D eigenvalue weighted by atomic mass is 16.5. The lowest BCUT2D eigenvalue weighted by molar-refractivity contribution is -0.171. The molecule has 0 aromatic carbocycles. The van der Waals surface area contributed by atoms with E-state index in [9.17, 15) is 29.7 Å². The Balaban J connectivity index is 3.95. The number of aliphatic hydroxyl groups is 4. The van der Waals surface area contributed by atoms with Crippen LogP contribution >= 0.6 is 0 Å². The summed E-state index contributed by atoms with van der Waals surface area (Å²) >= 11 is 0. The second kappa shape index (κ2) is 22.1. The van der Waals surface area contributed by atoms with Gasteiger partial charge in [0.1, 0.15) is 5.60 Å². The Bertz CT molecular complexity index is 644. The molecule has 38 heavy (non-hydrogen) atoms. The summed E-state index contributed by atoms with van der Waals surface area (Å²) in [6.45, 7) is 2.68. The van der Waals surface area contributed by atoms with Crippen molar-refractivity contribution in [1.29, 1.82) is 0 Å². The van der Waals surface area contributed by atoms with Gasteiger partial charge in [-0.3, -0.25) is 9.59 Å². The van der Waals surface area contributed by atoms with Crippen molar-refractivity contribution >= 4 is 17.8 Å². The van der Waals surface area contributed by atoms with Gasteiger partial charge in [-0.1, -0.05) is 103 Å². The third-order valence-corrected chi connectivity index (χ3v) is 6.92. The van der Waals surface area contributed by atoms with Crippen molar-refractivity contribution in [2.45, 2.75) is 140 Å². The Hall–Kier alpha value is -1.75. The number of ether oxygens (including phenoxy) is 1. The molecule has 0 aliphatic carbocycles. The van der Waals surface area contributed by atoms with Crippen molar-refractivity contribution in [3.8, 4) is 0 Å². The largest absolute Gasteiger partial charge is 0.467 e. The molecule has 10 heteroatoms. The van der Waals surface area contributed by atoms with E-state index in [4.69, 9.17) is 5.11 Å². The van der Waals surface area contributed by atoms with Crippen molar-refractivity contribution in [1.82, 2.24) is 10.6 Å². The Labute approximate surface area is 228 Å². The van der Waals surface area contributed by atoms with Gasteiger partial charge in [-0.2, -0.15) is 0 Å². The number of amides is 2. The SMILES string of the molecule is CCCCCCCCCCCCCCCCCCNC(=O)C(O)C(C)(O)C(O)C(=O)NC(CO)C(=O)OC. The summed E-state index contributed by atoms with van der Waals surface area (Å²) in [5, 5.41) is 44.4. The van der Waals surface area contributed by atoms with Crippen molar-refractivity contribution in [2.24, 2.45) is 0 Å². The van der Waals surface area contributed by atoms with Crippen LogP contribution in [0.1, 0.15) is 117 Å². The quantitative estimate of drug-likeness (QED) is 0.0793. The predicted octanol–water partition coefficient (Wildman–Crippen LogP) is 2.49. The number of aliphatic hydroxyl groups excluding tert-OH is 3. The molecule has 0 saturated heterocycles. The van der Waals surface area contributed by atoms with Crippen LogP contribution in [0.4, 0.5) is 0 Å². The molecule has 0 bridgehead atoms. The number of carbonyl (C=O) groups is 3. The highest BCUT2D eigenvalue weighted by molar-refractivity contribution is 5.89. The summed E-state index contributed by atoms with van der Waals surface area (Å²) in [6, 6.07) is -1.46. The Kier molecular flexibility index (Phi) is 21.1. The molecule has 2 amide bonds. The van der Waals surface area contributed by atoms with E-state index >= 15 is 0 Å². The molecule has 0 rings (SSSR count). The summed E-state index contributed by atoms with van der Waals surface area (Å²) in [5.74, 6) is -3.12. The van der Waals surface area contributed by atoms with Crippen LogP contribution in [0.2, 0.25) is 0 Å². The number of rotatable bonds is 24. The van der Waals surface area contributed by atoms with Crippen molar-refractivity contribution < 1.29 is 39.5 Å². The fourth-order valence-electron chi connectivity index (χ4n) is 4.23. The highest BCUT2D eigenvalue weighted by Crippen LogP contribution is 2.17. The van der Waals surface area contributed by atoms with Gasteiger partial charge in [-0.15, -0.1) is 0 Å². The maximum absolute atomic E-state index is 12.2. The molecule has 4 atom stereocenters. The van der Waals surface area contributed by atoms with Crippen molar-refractivity contribution in [2.75, 3.05) is 20.3 Å². The average Bonchev–Trinajstić information content (AvgIpc) is 2.91. The van der Waals surface area contributed by atoms with Crippen LogP contribution in [0.5, 0.6) is 0 Å². The van der Waals surface area contributed by atoms with Gasteiger partial charge in [-0.25, -0.2) is 4.79 Å². The molecule has 10 nitrogen and oxygen atoms in total. The molecule has 0 saturated carbocycles. The van der Waals surface area contributed by atoms with Crippen LogP contribution in [0, 0.1) is 0 Å². The molecule has 0 heterocycles. The molecular weight excluding hydrogens is 492 g/mol. The molecular formula is C28H54N2O8. The fraction of sp³-hybridized carbons (Fsp3) is 0.893. The van der Waals surface area contributed by atoms with E-state index in [0.717, 1.165) is 33.3 Å². The normalized spacial score (nSPS) is 15.2. The Morgan fingerprint density at radius 1 is 0.737 bits per heavy atom. The van der Waals surface area contributed by atoms with E-state index in [1.54, 1.807) is 0 Å². The summed E-state index contributed by atoms with van der Waals surface area (Å²) in [6.07, 6.45) is 15.4. The molecule has 0 spiro atoms. The minimum absolute atomic E-state index is 0.293. The second-order valence-electron chi connectivity index (χ2n) is 10.4. The molecule has 224 valence electrons. The third-order valence-electron chi connectivity index (χ3n) is 6.92. The first kappa shape index (κ1) is 36.2. The Morgan fingerprint density at radius 2 is 1.13 bits per heavy atom. The molecule has 0 aliphatic heterocycles. The minimum atomic E-state index is -2.53. The average molecular weight is 547 g/mol. The molecule has 0 fully saturated rings. The van der Waals surface area contributed by atoms with Gasteiger partial charge in [-0.05, 0) is 13.3 Å². The van der Waals surface area contributed by atoms with Gasteiger partial charge >= 0.3 is 5.97 Å². The van der Waals surface area contributed by atoms with Crippen molar-refractivity contribution in [3.05, 3.63) is 0 Å². The summed E-state index contributed by atoms with van der Waals surface area (Å²) < 4.78 is 4.41. The lowest BCUT2D eigenvalue weighted by Crippen LogP contribution is -2.62. The van der Waals surface area contributed by atoms with Crippen LogP contribution in [0.25, 0.3) is 0 Å². The zero-order chi connectivity index (χ0) is 28.8. The van der Waals surface area contributed by atoms with Gasteiger partial charge in [0.05, 0.1) is 13.7 Å². The molecule has 0 aliphatic rings. The monoisotopic (exact) mass is 546 g/mol. The summed E-state index contributed by atoms with van der Waals surface area (Å²) in [7, 11) is 1.05. The predicted molar refractivity (Wildman–Crippen MR) is 146 cm³/mol. The van der Waals surface area contributed by atoms with Crippen LogP contribution in [-0.4, -0.2) is 82.3 Å². The van der Waals surface area contributed by atoms with Gasteiger partial charge < -0.3 is 35.8 Å².